The van der Waals surface area contributed by atoms with Crippen molar-refractivity contribution in [3.05, 3.63) is 41.2 Å². The standard InChI is InChI=1S/C20H29F4N5O3/c1-32-12-11-26-19(31)17(29-25)16(5-3-2-4-10-21)28-15-8-6-14(7-9-15)18(30)27-13-20(22,23)24/h6-9,28-29H,2-5,10-13,25H2,1H3,(H,26,31)(H,27,30)/p+2/b17-16-. The molecular weight excluding hydrogens is 434 g/mol. The number of alkyl halides is 4. The van der Waals surface area contributed by atoms with Crippen molar-refractivity contribution in [1.82, 2.24) is 10.6 Å². The van der Waals surface area contributed by atoms with Crippen molar-refractivity contribution in [2.24, 2.45) is 5.84 Å². The van der Waals surface area contributed by atoms with Crippen LogP contribution in [0.5, 0.6) is 0 Å². The fourth-order valence-electron chi connectivity index (χ4n) is 2.78. The first-order chi connectivity index (χ1) is 15.2. The van der Waals surface area contributed by atoms with Gasteiger partial charge in [0, 0.05) is 37.8 Å². The van der Waals surface area contributed by atoms with E-state index in [1.165, 1.54) is 24.7 Å². The minimum absolute atomic E-state index is 0.0720. The fourth-order valence-corrected chi connectivity index (χ4v) is 2.78. The molecule has 0 heterocycles. The van der Waals surface area contributed by atoms with E-state index in [1.807, 2.05) is 0 Å². The van der Waals surface area contributed by atoms with Crippen LogP contribution < -0.4 is 27.2 Å². The minimum atomic E-state index is -4.50. The zero-order valence-corrected chi connectivity index (χ0v) is 17.9. The average Bonchev–Trinajstić information content (AvgIpc) is 2.75. The molecule has 12 heteroatoms. The van der Waals surface area contributed by atoms with Crippen LogP contribution in [0.4, 0.5) is 23.2 Å². The number of benzene rings is 1. The largest absolute Gasteiger partial charge is 0.405 e. The van der Waals surface area contributed by atoms with Crippen LogP contribution in [0.25, 0.3) is 0 Å². The molecule has 0 bridgehead atoms. The maximum absolute atomic E-state index is 12.5. The van der Waals surface area contributed by atoms with E-state index in [2.05, 4.69) is 5.32 Å². The lowest BCUT2D eigenvalue weighted by Gasteiger charge is -2.11. The Hall–Kier alpha value is -2.54. The van der Waals surface area contributed by atoms with Crippen LogP contribution in [0.1, 0.15) is 36.0 Å². The second-order valence-electron chi connectivity index (χ2n) is 6.92. The summed E-state index contributed by atoms with van der Waals surface area (Å²) >= 11 is 0. The van der Waals surface area contributed by atoms with Gasteiger partial charge in [0.1, 0.15) is 12.2 Å². The molecule has 180 valence electrons. The number of methoxy groups -OCH3 is 1. The summed E-state index contributed by atoms with van der Waals surface area (Å²) in [6, 6.07) is 5.90. The molecule has 8 nitrogen and oxygen atoms in total. The Bertz CT molecular complexity index is 755. The van der Waals surface area contributed by atoms with Gasteiger partial charge in [-0.1, -0.05) is 6.42 Å². The van der Waals surface area contributed by atoms with Crippen LogP contribution >= 0.6 is 0 Å². The average molecular weight is 465 g/mol. The maximum Gasteiger partial charge on any atom is 0.405 e. The molecule has 0 aliphatic carbocycles. The molecule has 0 aliphatic rings. The molecular formula is C20H31F4N5O3+2. The summed E-state index contributed by atoms with van der Waals surface area (Å²) < 4.78 is 54.1. The number of unbranched alkanes of at least 4 members (excludes halogenated alkanes) is 2. The molecule has 0 fully saturated rings. The Kier molecular flexibility index (Phi) is 12.5. The van der Waals surface area contributed by atoms with Gasteiger partial charge in [0.05, 0.1) is 13.3 Å². The van der Waals surface area contributed by atoms with Gasteiger partial charge < -0.3 is 15.4 Å². The lowest BCUT2D eigenvalue weighted by atomic mass is 10.1. The van der Waals surface area contributed by atoms with E-state index in [9.17, 15) is 27.2 Å². The third-order valence-electron chi connectivity index (χ3n) is 4.39. The number of quaternary nitrogens is 2. The normalized spacial score (nSPS) is 12.3. The molecule has 0 spiro atoms. The number of hydrogen-bond acceptors (Lipinski definition) is 4. The van der Waals surface area contributed by atoms with E-state index in [0.717, 1.165) is 0 Å². The monoisotopic (exact) mass is 465 g/mol. The summed E-state index contributed by atoms with van der Waals surface area (Å²) in [5.41, 5.74) is 2.77. The lowest BCUT2D eigenvalue weighted by molar-refractivity contribution is -0.629. The second-order valence-corrected chi connectivity index (χ2v) is 6.92. The molecule has 32 heavy (non-hydrogen) atoms. The molecule has 8 N–H and O–H groups in total. The summed E-state index contributed by atoms with van der Waals surface area (Å²) in [6.45, 7) is -1.21. The van der Waals surface area contributed by atoms with Gasteiger partial charge in [0.15, 0.2) is 5.70 Å². The Morgan fingerprint density at radius 3 is 2.34 bits per heavy atom. The summed E-state index contributed by atoms with van der Waals surface area (Å²) in [4.78, 5) is 24.4. The van der Waals surface area contributed by atoms with Crippen LogP contribution in [0.2, 0.25) is 0 Å². The van der Waals surface area contributed by atoms with Crippen LogP contribution in [-0.2, 0) is 9.53 Å². The van der Waals surface area contributed by atoms with Gasteiger partial charge in [0.25, 0.3) is 11.6 Å². The zero-order chi connectivity index (χ0) is 24.0. The minimum Gasteiger partial charge on any atom is -0.383 e. The Morgan fingerprint density at radius 1 is 1.09 bits per heavy atom. The van der Waals surface area contributed by atoms with Crippen LogP contribution in [-0.4, -0.2) is 51.5 Å². The summed E-state index contributed by atoms with van der Waals surface area (Å²) in [7, 11) is 1.51. The number of halogens is 4. The topological polar surface area (TPSA) is 127 Å². The van der Waals surface area contributed by atoms with Crippen molar-refractivity contribution in [3.63, 3.8) is 0 Å². The summed E-state index contributed by atoms with van der Waals surface area (Å²) in [5, 5.41) is 6.21. The summed E-state index contributed by atoms with van der Waals surface area (Å²) in [6.07, 6.45) is -2.35. The van der Waals surface area contributed by atoms with Gasteiger partial charge in [0.2, 0.25) is 0 Å². The van der Waals surface area contributed by atoms with E-state index in [1.54, 1.807) is 22.8 Å². The van der Waals surface area contributed by atoms with E-state index in [0.29, 0.717) is 50.2 Å². The molecule has 0 radical (unpaired) electrons. The maximum atomic E-state index is 12.5. The van der Waals surface area contributed by atoms with Crippen LogP contribution in [0.15, 0.2) is 35.7 Å². The van der Waals surface area contributed by atoms with Crippen molar-refractivity contribution < 1.29 is 42.6 Å². The first-order valence-corrected chi connectivity index (χ1v) is 10.1. The molecule has 1 aromatic rings. The first-order valence-electron chi connectivity index (χ1n) is 10.1. The van der Waals surface area contributed by atoms with Crippen molar-refractivity contribution >= 4 is 17.5 Å². The third-order valence-corrected chi connectivity index (χ3v) is 4.39. The number of allylic oxidation sites excluding steroid dienone is 1. The van der Waals surface area contributed by atoms with Crippen molar-refractivity contribution in [2.75, 3.05) is 33.5 Å². The van der Waals surface area contributed by atoms with Crippen LogP contribution in [0.3, 0.4) is 0 Å². The molecule has 0 saturated heterocycles. The predicted molar refractivity (Wildman–Crippen MR) is 109 cm³/mol. The molecule has 0 unspecified atom stereocenters. The Balaban J connectivity index is 2.95. The SMILES string of the molecule is COCCNC(=O)/C([NH2+]N)=C(\CCCCCF)[NH2+]c1ccc(C(=O)NCC(F)(F)F)cc1. The molecule has 0 atom stereocenters. The summed E-state index contributed by atoms with van der Waals surface area (Å²) in [5.74, 6) is 4.47. The number of amides is 2. The fraction of sp³-hybridized carbons (Fsp3) is 0.500. The van der Waals surface area contributed by atoms with Gasteiger partial charge in [-0.3, -0.25) is 19.3 Å². The number of hydrogen-bond donors (Lipinski definition) is 5. The van der Waals surface area contributed by atoms with Gasteiger partial charge in [-0.2, -0.15) is 19.0 Å². The number of nitrogens with two attached hydrogens (primary N) is 3. The highest BCUT2D eigenvalue weighted by Gasteiger charge is 2.28. The van der Waals surface area contributed by atoms with Gasteiger partial charge >= 0.3 is 12.1 Å². The highest BCUT2D eigenvalue weighted by molar-refractivity contribution is 5.94. The zero-order valence-electron chi connectivity index (χ0n) is 17.9. The number of carbonyl (C=O) groups excluding carboxylic acids is 2. The lowest BCUT2D eigenvalue weighted by Crippen LogP contribution is -2.94. The highest BCUT2D eigenvalue weighted by atomic mass is 19.4. The van der Waals surface area contributed by atoms with Crippen molar-refractivity contribution in [2.45, 2.75) is 31.9 Å². The number of nitrogens with one attached hydrogen (secondary N) is 2. The first kappa shape index (κ1) is 27.5. The Morgan fingerprint density at radius 2 is 1.78 bits per heavy atom. The van der Waals surface area contributed by atoms with Crippen molar-refractivity contribution in [3.8, 4) is 0 Å². The van der Waals surface area contributed by atoms with Gasteiger partial charge in [-0.05, 0) is 25.0 Å². The number of carbonyl (C=O) groups is 2. The predicted octanol–water partition coefficient (Wildman–Crippen LogP) is 0.115. The van der Waals surface area contributed by atoms with E-state index in [4.69, 9.17) is 10.6 Å². The van der Waals surface area contributed by atoms with Crippen molar-refractivity contribution in [1.29, 1.82) is 0 Å². The van der Waals surface area contributed by atoms with Crippen LogP contribution in [0, 0.1) is 0 Å². The molecule has 0 aromatic heterocycles. The van der Waals surface area contributed by atoms with E-state index >= 15 is 0 Å². The number of ether oxygens (including phenoxy) is 1. The smallest absolute Gasteiger partial charge is 0.383 e. The highest BCUT2D eigenvalue weighted by Crippen LogP contribution is 2.13. The molecule has 0 aliphatic heterocycles. The van der Waals surface area contributed by atoms with E-state index in [-0.39, 0.29) is 17.2 Å². The Labute approximate surface area is 183 Å². The van der Waals surface area contributed by atoms with Gasteiger partial charge in [-0.15, -0.1) is 0 Å². The third kappa shape index (κ3) is 10.7. The molecule has 0 saturated carbocycles. The number of rotatable bonds is 14. The molecule has 2 amide bonds. The quantitative estimate of drug-likeness (QED) is 0.0668. The molecule has 1 aromatic carbocycles. The van der Waals surface area contributed by atoms with Gasteiger partial charge in [-0.25, -0.2) is 5.43 Å². The molecule has 1 rings (SSSR count). The van der Waals surface area contributed by atoms with E-state index < -0.39 is 25.3 Å². The second kappa shape index (κ2) is 14.5.